The van der Waals surface area contributed by atoms with Crippen molar-refractivity contribution in [3.8, 4) is 5.75 Å². The summed E-state index contributed by atoms with van der Waals surface area (Å²) >= 11 is 0. The first-order valence-corrected chi connectivity index (χ1v) is 10.5. The van der Waals surface area contributed by atoms with Crippen molar-refractivity contribution in [2.75, 3.05) is 13.2 Å². The number of likely N-dealkylation sites (tertiary alicyclic amines) is 1. The third-order valence-electron chi connectivity index (χ3n) is 4.94. The van der Waals surface area contributed by atoms with Crippen LogP contribution in [0.15, 0.2) is 12.1 Å². The molecule has 3 rings (SSSR count). The van der Waals surface area contributed by atoms with Crippen molar-refractivity contribution >= 4 is 12.1 Å². The van der Waals surface area contributed by atoms with Crippen LogP contribution in [-0.2, 0) is 9.47 Å². The Kier molecular flexibility index (Phi) is 6.03. The van der Waals surface area contributed by atoms with Crippen LogP contribution >= 0.6 is 0 Å². The highest BCUT2D eigenvalue weighted by Gasteiger charge is 2.36. The molecule has 7 heteroatoms. The van der Waals surface area contributed by atoms with E-state index in [0.717, 1.165) is 24.8 Å². The first kappa shape index (κ1) is 22.4. The Hall–Kier alpha value is -2.31. The van der Waals surface area contributed by atoms with Gasteiger partial charge in [0.05, 0.1) is 11.6 Å². The van der Waals surface area contributed by atoms with Gasteiger partial charge in [0, 0.05) is 12.6 Å². The molecule has 1 atom stereocenters. The van der Waals surface area contributed by atoms with E-state index in [9.17, 15) is 14.0 Å². The molecule has 0 aromatic heterocycles. The van der Waals surface area contributed by atoms with Gasteiger partial charge in [0.25, 0.3) is 0 Å². The van der Waals surface area contributed by atoms with Gasteiger partial charge in [0.15, 0.2) is 0 Å². The van der Waals surface area contributed by atoms with Gasteiger partial charge in [-0.3, -0.25) is 0 Å². The Labute approximate surface area is 177 Å². The van der Waals surface area contributed by atoms with Crippen LogP contribution in [0, 0.1) is 5.82 Å². The third-order valence-corrected chi connectivity index (χ3v) is 4.94. The van der Waals surface area contributed by atoms with Gasteiger partial charge in [-0.25, -0.2) is 14.0 Å². The number of esters is 1. The van der Waals surface area contributed by atoms with Crippen LogP contribution in [0.5, 0.6) is 5.75 Å². The highest BCUT2D eigenvalue weighted by molar-refractivity contribution is 5.90. The van der Waals surface area contributed by atoms with E-state index in [-0.39, 0.29) is 30.2 Å². The first-order valence-electron chi connectivity index (χ1n) is 10.5. The summed E-state index contributed by atoms with van der Waals surface area (Å²) in [5.41, 5.74) is -0.510. The van der Waals surface area contributed by atoms with Gasteiger partial charge in [-0.1, -0.05) is 0 Å². The quantitative estimate of drug-likeness (QED) is 0.623. The summed E-state index contributed by atoms with van der Waals surface area (Å²) in [7, 11) is 0. The fourth-order valence-electron chi connectivity index (χ4n) is 3.26. The predicted octanol–water partition coefficient (Wildman–Crippen LogP) is 5.05. The summed E-state index contributed by atoms with van der Waals surface area (Å²) in [5.74, 6) is -0.659. The maximum atomic E-state index is 14.7. The molecule has 1 heterocycles. The van der Waals surface area contributed by atoms with Crippen molar-refractivity contribution in [3.63, 3.8) is 0 Å². The highest BCUT2D eigenvalue weighted by atomic mass is 19.1. The maximum absolute atomic E-state index is 14.7. The average Bonchev–Trinajstić information content (AvgIpc) is 3.35. The zero-order valence-corrected chi connectivity index (χ0v) is 18.7. The largest absolute Gasteiger partial charge is 0.491 e. The van der Waals surface area contributed by atoms with E-state index < -0.39 is 23.0 Å². The summed E-state index contributed by atoms with van der Waals surface area (Å²) in [6, 6.07) is 2.71. The zero-order chi connectivity index (χ0) is 22.3. The molecule has 30 heavy (non-hydrogen) atoms. The number of halogens is 1. The van der Waals surface area contributed by atoms with Crippen LogP contribution in [0.4, 0.5) is 9.18 Å². The van der Waals surface area contributed by atoms with Gasteiger partial charge >= 0.3 is 12.1 Å². The van der Waals surface area contributed by atoms with Crippen molar-refractivity contribution in [2.45, 2.75) is 84.0 Å². The molecule has 1 unspecified atom stereocenters. The van der Waals surface area contributed by atoms with Crippen LogP contribution < -0.4 is 4.74 Å². The zero-order valence-electron chi connectivity index (χ0n) is 18.7. The fourth-order valence-corrected chi connectivity index (χ4v) is 3.26. The Morgan fingerprint density at radius 1 is 1.03 bits per heavy atom. The Balaban J connectivity index is 1.70. The molecule has 1 aromatic carbocycles. The summed E-state index contributed by atoms with van der Waals surface area (Å²) < 4.78 is 31.4. The monoisotopic (exact) mass is 421 g/mol. The lowest BCUT2D eigenvalue weighted by Gasteiger charge is -2.41. The number of benzene rings is 1. The molecule has 0 N–H and O–H groups in total. The van der Waals surface area contributed by atoms with E-state index in [1.165, 1.54) is 6.07 Å². The molecular formula is C23H32FNO5. The summed E-state index contributed by atoms with van der Waals surface area (Å²) in [5, 5.41) is 0. The minimum absolute atomic E-state index is 0.0711. The number of hydrogen-bond acceptors (Lipinski definition) is 5. The number of ether oxygens (including phenoxy) is 3. The van der Waals surface area contributed by atoms with Crippen molar-refractivity contribution < 1.29 is 28.2 Å². The molecular weight excluding hydrogens is 389 g/mol. The van der Waals surface area contributed by atoms with Crippen molar-refractivity contribution in [2.24, 2.45) is 0 Å². The molecule has 1 saturated carbocycles. The summed E-state index contributed by atoms with van der Waals surface area (Å²) in [6.07, 6.45) is 2.39. The van der Waals surface area contributed by atoms with Crippen molar-refractivity contribution in [3.05, 3.63) is 29.1 Å². The second kappa shape index (κ2) is 8.08. The lowest BCUT2D eigenvalue weighted by molar-refractivity contribution is -0.0143. The van der Waals surface area contributed by atoms with Crippen LogP contribution in [0.3, 0.4) is 0 Å². The molecule has 1 amide bonds. The van der Waals surface area contributed by atoms with E-state index in [0.29, 0.717) is 12.3 Å². The molecule has 1 aliphatic carbocycles. The fraction of sp³-hybridized carbons (Fsp3) is 0.652. The number of carbonyl (C=O) groups excluding carboxylic acids is 2. The third kappa shape index (κ3) is 5.64. The molecule has 1 saturated heterocycles. The highest BCUT2D eigenvalue weighted by Crippen LogP contribution is 2.45. The number of rotatable bonds is 5. The van der Waals surface area contributed by atoms with E-state index in [4.69, 9.17) is 14.2 Å². The van der Waals surface area contributed by atoms with Gasteiger partial charge < -0.3 is 19.1 Å². The second-order valence-corrected chi connectivity index (χ2v) is 10.1. The molecule has 166 valence electrons. The maximum Gasteiger partial charge on any atom is 0.410 e. The lowest BCUT2D eigenvalue weighted by Crippen LogP contribution is -2.55. The molecule has 1 aliphatic heterocycles. The van der Waals surface area contributed by atoms with E-state index in [2.05, 4.69) is 0 Å². The smallest absolute Gasteiger partial charge is 0.410 e. The van der Waals surface area contributed by atoms with Crippen LogP contribution in [0.25, 0.3) is 0 Å². The number of amides is 1. The van der Waals surface area contributed by atoms with Gasteiger partial charge in [0.2, 0.25) is 0 Å². The molecule has 0 bridgehead atoms. The van der Waals surface area contributed by atoms with E-state index in [1.807, 2.05) is 20.8 Å². The lowest BCUT2D eigenvalue weighted by atomic mass is 10.0. The Morgan fingerprint density at radius 2 is 1.67 bits per heavy atom. The minimum atomic E-state index is -0.701. The molecule has 2 fully saturated rings. The van der Waals surface area contributed by atoms with Gasteiger partial charge in [0.1, 0.15) is 29.4 Å². The molecule has 2 aliphatic rings. The molecule has 0 spiro atoms. The first-order chi connectivity index (χ1) is 13.8. The molecule has 6 nitrogen and oxygen atoms in total. The Morgan fingerprint density at radius 3 is 2.17 bits per heavy atom. The topological polar surface area (TPSA) is 65.1 Å². The van der Waals surface area contributed by atoms with Gasteiger partial charge in [-0.15, -0.1) is 0 Å². The van der Waals surface area contributed by atoms with Crippen LogP contribution in [-0.4, -0.2) is 47.4 Å². The van der Waals surface area contributed by atoms with Crippen LogP contribution in [0.1, 0.15) is 82.6 Å². The van der Waals surface area contributed by atoms with Crippen molar-refractivity contribution in [1.29, 1.82) is 0 Å². The number of nitrogens with zero attached hydrogens (tertiary/aromatic N) is 1. The second-order valence-electron chi connectivity index (χ2n) is 10.1. The SMILES string of the molecule is CC(C)(C)OC(=O)c1cc(C2CC2)c(OCC2CCN2C(=O)OC(C)(C)C)cc1F. The van der Waals surface area contributed by atoms with Gasteiger partial charge in [-0.05, 0) is 78.4 Å². The predicted molar refractivity (Wildman–Crippen MR) is 110 cm³/mol. The normalized spacial score (nSPS) is 19.2. The van der Waals surface area contributed by atoms with Crippen molar-refractivity contribution in [1.82, 2.24) is 4.90 Å². The molecule has 0 radical (unpaired) electrons. The van der Waals surface area contributed by atoms with E-state index in [1.54, 1.807) is 31.7 Å². The standard InChI is InChI=1S/C23H32FNO5/c1-22(2,3)29-20(26)17-11-16(14-7-8-14)19(12-18(17)24)28-13-15-9-10-25(15)21(27)30-23(4,5)6/h11-12,14-15H,7-10,13H2,1-6H3. The van der Waals surface area contributed by atoms with Crippen LogP contribution in [0.2, 0.25) is 0 Å². The summed E-state index contributed by atoms with van der Waals surface area (Å²) in [6.45, 7) is 11.6. The minimum Gasteiger partial charge on any atom is -0.491 e. The summed E-state index contributed by atoms with van der Waals surface area (Å²) in [4.78, 5) is 26.3. The number of carbonyl (C=O) groups is 2. The van der Waals surface area contributed by atoms with E-state index >= 15 is 0 Å². The van der Waals surface area contributed by atoms with Gasteiger partial charge in [-0.2, -0.15) is 0 Å². The average molecular weight is 422 g/mol. The Bertz CT molecular complexity index is 820. The number of hydrogen-bond donors (Lipinski definition) is 0. The molecule has 1 aromatic rings.